The van der Waals surface area contributed by atoms with Crippen LogP contribution in [0.2, 0.25) is 0 Å². The van der Waals surface area contributed by atoms with Crippen molar-refractivity contribution in [1.29, 1.82) is 0 Å². The summed E-state index contributed by atoms with van der Waals surface area (Å²) >= 11 is 0. The SMILES string of the molecule is C=C1CC23CC4C5C6(C)CC(OC(C)=O)CC57C2C(O)C1C(OC(C)=O)C3(O)C7N4C6. The number of ether oxygens (including phenoxy) is 2. The number of nitrogens with zero attached hydrogens (tertiary/aromatic N) is 1. The van der Waals surface area contributed by atoms with Crippen molar-refractivity contribution in [2.75, 3.05) is 6.54 Å². The van der Waals surface area contributed by atoms with Crippen LogP contribution < -0.4 is 0 Å². The maximum absolute atomic E-state index is 12.6. The summed E-state index contributed by atoms with van der Waals surface area (Å²) in [7, 11) is 0. The second-order valence-corrected chi connectivity index (χ2v) is 12.1. The number of carbonyl (C=O) groups is 2. The number of aliphatic hydroxyl groups excluding tert-OH is 1. The maximum Gasteiger partial charge on any atom is 0.303 e. The van der Waals surface area contributed by atoms with Crippen LogP contribution in [0.1, 0.15) is 46.5 Å². The average molecular weight is 430 g/mol. The van der Waals surface area contributed by atoms with Gasteiger partial charge in [-0.3, -0.25) is 14.5 Å². The summed E-state index contributed by atoms with van der Waals surface area (Å²) in [6.45, 7) is 10.3. The summed E-state index contributed by atoms with van der Waals surface area (Å²) in [4.78, 5) is 26.5. The molecule has 9 fully saturated rings. The molecule has 3 heterocycles. The summed E-state index contributed by atoms with van der Waals surface area (Å²) in [5.74, 6) is -0.896. The predicted molar refractivity (Wildman–Crippen MR) is 107 cm³/mol. The van der Waals surface area contributed by atoms with E-state index in [1.165, 1.54) is 13.8 Å². The third-order valence-electron chi connectivity index (χ3n) is 10.9. The van der Waals surface area contributed by atoms with Crippen LogP contribution in [0, 0.1) is 34.0 Å². The lowest BCUT2D eigenvalue weighted by Gasteiger charge is -2.68. The van der Waals surface area contributed by atoms with Crippen molar-refractivity contribution in [2.24, 2.45) is 34.0 Å². The van der Waals surface area contributed by atoms with Crippen molar-refractivity contribution in [3.8, 4) is 0 Å². The topological polar surface area (TPSA) is 96.3 Å². The Kier molecular flexibility index (Phi) is 3.10. The van der Waals surface area contributed by atoms with Gasteiger partial charge in [0.25, 0.3) is 0 Å². The van der Waals surface area contributed by atoms with Gasteiger partial charge in [-0.1, -0.05) is 19.1 Å². The Morgan fingerprint density at radius 1 is 1.13 bits per heavy atom. The molecule has 3 saturated heterocycles. The maximum atomic E-state index is 12.6. The molecule has 13 unspecified atom stereocenters. The molecule has 31 heavy (non-hydrogen) atoms. The van der Waals surface area contributed by atoms with Crippen LogP contribution in [-0.4, -0.2) is 69.6 Å². The molecule has 2 N–H and O–H groups in total. The highest BCUT2D eigenvalue weighted by Crippen LogP contribution is 2.88. The van der Waals surface area contributed by atoms with Crippen molar-refractivity contribution in [3.63, 3.8) is 0 Å². The van der Waals surface area contributed by atoms with Gasteiger partial charge in [0, 0.05) is 55.1 Å². The molecular weight excluding hydrogens is 398 g/mol. The van der Waals surface area contributed by atoms with Gasteiger partial charge in [0.05, 0.1) is 6.10 Å². The Morgan fingerprint density at radius 3 is 2.52 bits per heavy atom. The minimum atomic E-state index is -1.21. The van der Waals surface area contributed by atoms with Crippen LogP contribution in [0.4, 0.5) is 0 Å². The van der Waals surface area contributed by atoms with Crippen molar-refractivity contribution in [2.45, 2.75) is 82.5 Å². The van der Waals surface area contributed by atoms with Gasteiger partial charge in [-0.25, -0.2) is 0 Å². The third kappa shape index (κ3) is 1.65. The molecule has 0 aromatic carbocycles. The zero-order valence-electron chi connectivity index (χ0n) is 18.3. The van der Waals surface area contributed by atoms with E-state index in [9.17, 15) is 19.8 Å². The number of hydrogen-bond acceptors (Lipinski definition) is 7. The van der Waals surface area contributed by atoms with Gasteiger partial charge in [-0.15, -0.1) is 0 Å². The van der Waals surface area contributed by atoms with Gasteiger partial charge in [0.15, 0.2) is 0 Å². The van der Waals surface area contributed by atoms with E-state index in [4.69, 9.17) is 9.47 Å². The predicted octanol–water partition coefficient (Wildman–Crippen LogP) is 1.02. The Balaban J connectivity index is 1.47. The van der Waals surface area contributed by atoms with Gasteiger partial charge in [-0.2, -0.15) is 0 Å². The van der Waals surface area contributed by atoms with E-state index < -0.39 is 35.1 Å². The van der Waals surface area contributed by atoms with Crippen LogP contribution >= 0.6 is 0 Å². The molecule has 0 aromatic heterocycles. The van der Waals surface area contributed by atoms with Crippen LogP contribution in [0.5, 0.6) is 0 Å². The smallest absolute Gasteiger partial charge is 0.303 e. The fourth-order valence-electron chi connectivity index (χ4n) is 11.3. The fourth-order valence-corrected chi connectivity index (χ4v) is 11.3. The molecule has 6 saturated carbocycles. The summed E-state index contributed by atoms with van der Waals surface area (Å²) < 4.78 is 11.6. The summed E-state index contributed by atoms with van der Waals surface area (Å²) in [6.07, 6.45) is 1.30. The van der Waals surface area contributed by atoms with Crippen LogP contribution in [0.3, 0.4) is 0 Å². The third-order valence-corrected chi connectivity index (χ3v) is 10.9. The minimum absolute atomic E-state index is 0.0120. The van der Waals surface area contributed by atoms with Crippen LogP contribution in [0.25, 0.3) is 0 Å². The molecule has 9 aliphatic rings. The number of carbonyl (C=O) groups excluding carboxylic acids is 2. The summed E-state index contributed by atoms with van der Waals surface area (Å²) in [5.41, 5.74) is -1.20. The molecule has 0 aromatic rings. The van der Waals surface area contributed by atoms with Gasteiger partial charge in [0.2, 0.25) is 0 Å². The first-order valence-corrected chi connectivity index (χ1v) is 11.7. The van der Waals surface area contributed by atoms with Gasteiger partial charge >= 0.3 is 11.9 Å². The van der Waals surface area contributed by atoms with Gasteiger partial charge in [0.1, 0.15) is 17.8 Å². The number of esters is 2. The Morgan fingerprint density at radius 2 is 1.84 bits per heavy atom. The number of aliphatic hydroxyl groups is 2. The molecule has 0 amide bonds. The van der Waals surface area contributed by atoms with E-state index in [1.807, 2.05) is 0 Å². The molecular formula is C24H31NO6. The molecule has 7 nitrogen and oxygen atoms in total. The molecule has 13 atom stereocenters. The molecule has 7 heteroatoms. The minimum Gasteiger partial charge on any atom is -0.463 e. The molecule has 3 aliphatic heterocycles. The zero-order chi connectivity index (χ0) is 21.9. The number of piperidine rings is 2. The lowest BCUT2D eigenvalue weighted by atomic mass is 9.39. The quantitative estimate of drug-likeness (QED) is 0.500. The monoisotopic (exact) mass is 429 g/mol. The molecule has 2 spiro atoms. The first kappa shape index (κ1) is 19.1. The molecule has 0 radical (unpaired) electrons. The molecule has 9 bridgehead atoms. The lowest BCUT2D eigenvalue weighted by Crippen LogP contribution is -2.77. The zero-order valence-corrected chi connectivity index (χ0v) is 18.3. The Bertz CT molecular complexity index is 966. The Hall–Kier alpha value is -1.44. The molecule has 6 aliphatic carbocycles. The highest BCUT2D eigenvalue weighted by Gasteiger charge is 2.95. The van der Waals surface area contributed by atoms with Crippen molar-refractivity contribution < 1.29 is 29.3 Å². The number of rotatable bonds is 2. The Labute approximate surface area is 181 Å². The highest BCUT2D eigenvalue weighted by molar-refractivity contribution is 5.67. The lowest BCUT2D eigenvalue weighted by molar-refractivity contribution is -0.284. The van der Waals surface area contributed by atoms with E-state index >= 15 is 0 Å². The fraction of sp³-hybridized carbons (Fsp3) is 0.833. The first-order chi connectivity index (χ1) is 14.5. The van der Waals surface area contributed by atoms with Crippen molar-refractivity contribution >= 4 is 11.9 Å². The second-order valence-electron chi connectivity index (χ2n) is 12.1. The number of fused-ring (bicyclic) bond motifs is 1. The van der Waals surface area contributed by atoms with Crippen molar-refractivity contribution in [1.82, 2.24) is 4.90 Å². The highest BCUT2D eigenvalue weighted by atomic mass is 16.6. The van der Waals surface area contributed by atoms with Crippen LogP contribution in [0.15, 0.2) is 12.2 Å². The van der Waals surface area contributed by atoms with Crippen LogP contribution in [-0.2, 0) is 19.1 Å². The van der Waals surface area contributed by atoms with E-state index in [-0.39, 0.29) is 34.9 Å². The number of hydrogen-bond donors (Lipinski definition) is 2. The summed E-state index contributed by atoms with van der Waals surface area (Å²) in [5, 5.41) is 24.4. The van der Waals surface area contributed by atoms with Gasteiger partial charge < -0.3 is 19.7 Å². The van der Waals surface area contributed by atoms with E-state index in [2.05, 4.69) is 18.4 Å². The average Bonchev–Trinajstić information content (AvgIpc) is 3.03. The van der Waals surface area contributed by atoms with E-state index in [0.29, 0.717) is 24.8 Å². The van der Waals surface area contributed by atoms with E-state index in [0.717, 1.165) is 25.0 Å². The summed E-state index contributed by atoms with van der Waals surface area (Å²) in [6, 6.07) is 0.176. The standard InChI is InChI=1S/C24H31NO6/c1-10-5-22-8-14-17-21(4)6-13(30-11(2)26)7-23(17)18(22)16(28)15(10)19(31-12(3)27)24(22,29)20(23)25(14)9-21/h13-20,28-29H,1,5-9H2,2-4H3. The molecule has 168 valence electrons. The van der Waals surface area contributed by atoms with E-state index in [1.54, 1.807) is 0 Å². The second kappa shape index (κ2) is 5.05. The molecule has 9 rings (SSSR count). The normalized spacial score (nSPS) is 63.5. The van der Waals surface area contributed by atoms with Gasteiger partial charge in [-0.05, 0) is 37.0 Å². The largest absolute Gasteiger partial charge is 0.463 e. The first-order valence-electron chi connectivity index (χ1n) is 11.7. The van der Waals surface area contributed by atoms with Crippen molar-refractivity contribution in [3.05, 3.63) is 12.2 Å².